The van der Waals surface area contributed by atoms with Crippen molar-refractivity contribution in [2.75, 3.05) is 18.4 Å². The van der Waals surface area contributed by atoms with Gasteiger partial charge in [0.2, 0.25) is 0 Å². The van der Waals surface area contributed by atoms with E-state index in [1.165, 1.54) is 12.3 Å². The maximum Gasteiger partial charge on any atom is 0.416 e. The molecule has 1 aliphatic heterocycles. The fourth-order valence-corrected chi connectivity index (χ4v) is 2.19. The van der Waals surface area contributed by atoms with Gasteiger partial charge in [0.1, 0.15) is 0 Å². The number of hydrogen-bond acceptors (Lipinski definition) is 3. The van der Waals surface area contributed by atoms with Crippen molar-refractivity contribution in [3.63, 3.8) is 0 Å². The number of rotatable bonds is 0. The number of nitrogens with one attached hydrogen (secondary N) is 2. The second-order valence-corrected chi connectivity index (χ2v) is 4.46. The highest BCUT2D eigenvalue weighted by Gasteiger charge is 2.31. The molecular weight excluding hydrogens is 271 g/mol. The number of amides is 1. The van der Waals surface area contributed by atoms with Crippen LogP contribution in [0, 0.1) is 0 Å². The first-order valence-electron chi connectivity index (χ1n) is 5.99. The van der Waals surface area contributed by atoms with E-state index in [0.29, 0.717) is 29.7 Å². The Morgan fingerprint density at radius 3 is 2.65 bits per heavy atom. The van der Waals surface area contributed by atoms with E-state index in [9.17, 15) is 18.0 Å². The van der Waals surface area contributed by atoms with E-state index in [1.807, 2.05) is 0 Å². The molecule has 7 heteroatoms. The summed E-state index contributed by atoms with van der Waals surface area (Å²) in [4.78, 5) is 15.8. The summed E-state index contributed by atoms with van der Waals surface area (Å²) in [6.45, 7) is 0.967. The summed E-state index contributed by atoms with van der Waals surface area (Å²) >= 11 is 0. The lowest BCUT2D eigenvalue weighted by molar-refractivity contribution is -0.137. The highest BCUT2D eigenvalue weighted by Crippen LogP contribution is 2.33. The molecule has 0 spiro atoms. The number of fused-ring (bicyclic) bond motifs is 3. The average Bonchev–Trinajstić information content (AvgIpc) is 2.59. The Kier molecular flexibility index (Phi) is 2.77. The van der Waals surface area contributed by atoms with Crippen molar-refractivity contribution >= 4 is 22.5 Å². The zero-order valence-corrected chi connectivity index (χ0v) is 10.2. The monoisotopic (exact) mass is 281 g/mol. The van der Waals surface area contributed by atoms with Crippen LogP contribution in [0.15, 0.2) is 24.4 Å². The van der Waals surface area contributed by atoms with Gasteiger partial charge in [0.25, 0.3) is 5.91 Å². The molecule has 104 valence electrons. The number of benzene rings is 1. The molecule has 0 fully saturated rings. The van der Waals surface area contributed by atoms with Crippen molar-refractivity contribution in [3.8, 4) is 0 Å². The maximum absolute atomic E-state index is 12.7. The predicted octanol–water partition coefficient (Wildman–Crippen LogP) is 2.41. The van der Waals surface area contributed by atoms with Crippen molar-refractivity contribution in [2.45, 2.75) is 6.18 Å². The van der Waals surface area contributed by atoms with Gasteiger partial charge in [-0.3, -0.25) is 9.78 Å². The summed E-state index contributed by atoms with van der Waals surface area (Å²) in [6.07, 6.45) is -3.11. The van der Waals surface area contributed by atoms with Crippen LogP contribution < -0.4 is 10.6 Å². The molecule has 0 unspecified atom stereocenters. The fraction of sp³-hybridized carbons (Fsp3) is 0.231. The molecule has 4 nitrogen and oxygen atoms in total. The molecule has 1 aromatic carbocycles. The van der Waals surface area contributed by atoms with Crippen LogP contribution in [-0.2, 0) is 6.18 Å². The first-order chi connectivity index (χ1) is 9.47. The second kappa shape index (κ2) is 4.36. The molecule has 0 saturated heterocycles. The number of pyridine rings is 1. The third kappa shape index (κ3) is 2.04. The minimum atomic E-state index is -4.41. The quantitative estimate of drug-likeness (QED) is 0.779. The normalized spacial score (nSPS) is 15.2. The number of carbonyl (C=O) groups is 1. The third-order valence-corrected chi connectivity index (χ3v) is 3.15. The fourth-order valence-electron chi connectivity index (χ4n) is 2.19. The summed E-state index contributed by atoms with van der Waals surface area (Å²) in [5, 5.41) is 6.24. The van der Waals surface area contributed by atoms with Gasteiger partial charge in [0.15, 0.2) is 0 Å². The molecule has 2 N–H and O–H groups in total. The van der Waals surface area contributed by atoms with Crippen LogP contribution >= 0.6 is 0 Å². The summed E-state index contributed by atoms with van der Waals surface area (Å²) in [7, 11) is 0. The van der Waals surface area contributed by atoms with Crippen LogP contribution in [-0.4, -0.2) is 24.0 Å². The van der Waals surface area contributed by atoms with Gasteiger partial charge < -0.3 is 10.6 Å². The summed E-state index contributed by atoms with van der Waals surface area (Å²) in [6, 6.07) is 3.32. The molecule has 0 radical (unpaired) electrons. The zero-order valence-electron chi connectivity index (χ0n) is 10.2. The first-order valence-corrected chi connectivity index (χ1v) is 5.99. The largest absolute Gasteiger partial charge is 0.416 e. The third-order valence-electron chi connectivity index (χ3n) is 3.15. The van der Waals surface area contributed by atoms with E-state index in [1.54, 1.807) is 0 Å². The van der Waals surface area contributed by atoms with E-state index in [4.69, 9.17) is 0 Å². The number of alkyl halides is 3. The van der Waals surface area contributed by atoms with Crippen LogP contribution in [0.2, 0.25) is 0 Å². The number of carbonyl (C=O) groups excluding carboxylic acids is 1. The molecule has 0 saturated carbocycles. The predicted molar refractivity (Wildman–Crippen MR) is 67.6 cm³/mol. The van der Waals surface area contributed by atoms with E-state index < -0.39 is 11.7 Å². The van der Waals surface area contributed by atoms with Gasteiger partial charge in [0.05, 0.1) is 22.3 Å². The molecule has 1 aliphatic rings. The van der Waals surface area contributed by atoms with E-state index in [2.05, 4.69) is 15.6 Å². The Hall–Kier alpha value is -2.31. The highest BCUT2D eigenvalue weighted by atomic mass is 19.4. The molecule has 0 aliphatic carbocycles. The zero-order chi connectivity index (χ0) is 14.3. The van der Waals surface area contributed by atoms with Gasteiger partial charge in [0, 0.05) is 24.7 Å². The Morgan fingerprint density at radius 2 is 1.90 bits per heavy atom. The van der Waals surface area contributed by atoms with Crippen molar-refractivity contribution in [1.29, 1.82) is 0 Å². The number of halogens is 3. The van der Waals surface area contributed by atoms with Crippen LogP contribution in [0.5, 0.6) is 0 Å². The molecular formula is C13H10F3N3O. The van der Waals surface area contributed by atoms with Crippen molar-refractivity contribution < 1.29 is 18.0 Å². The molecule has 1 aromatic heterocycles. The second-order valence-electron chi connectivity index (χ2n) is 4.46. The standard InChI is InChI=1S/C13H10F3N3O/c14-13(15,16)7-1-2-8-10(5-7)19-6-9-11(8)17-3-4-18-12(9)20/h1-2,5-6,17H,3-4H2,(H,18,20). The van der Waals surface area contributed by atoms with Gasteiger partial charge >= 0.3 is 6.18 Å². The summed E-state index contributed by atoms with van der Waals surface area (Å²) in [5.41, 5.74) is 0.324. The molecule has 2 heterocycles. The van der Waals surface area contributed by atoms with Crippen LogP contribution in [0.4, 0.5) is 18.9 Å². The van der Waals surface area contributed by atoms with Crippen molar-refractivity contribution in [3.05, 3.63) is 35.5 Å². The Morgan fingerprint density at radius 1 is 1.15 bits per heavy atom. The van der Waals surface area contributed by atoms with E-state index in [0.717, 1.165) is 12.1 Å². The molecule has 20 heavy (non-hydrogen) atoms. The number of anilines is 1. The van der Waals surface area contributed by atoms with Crippen molar-refractivity contribution in [1.82, 2.24) is 10.3 Å². The summed E-state index contributed by atoms with van der Waals surface area (Å²) in [5.74, 6) is -0.278. The smallest absolute Gasteiger partial charge is 0.382 e. The van der Waals surface area contributed by atoms with Gasteiger partial charge in [-0.05, 0) is 12.1 Å². The van der Waals surface area contributed by atoms with Gasteiger partial charge in [-0.15, -0.1) is 0 Å². The average molecular weight is 281 g/mol. The SMILES string of the molecule is O=C1NCCNc2c1cnc1cc(C(F)(F)F)ccc21. The number of aromatic nitrogens is 1. The van der Waals surface area contributed by atoms with E-state index in [-0.39, 0.29) is 11.4 Å². The van der Waals surface area contributed by atoms with E-state index >= 15 is 0 Å². The topological polar surface area (TPSA) is 54.0 Å². The maximum atomic E-state index is 12.7. The first kappa shape index (κ1) is 12.7. The lowest BCUT2D eigenvalue weighted by atomic mass is 10.1. The van der Waals surface area contributed by atoms with Gasteiger partial charge in [-0.2, -0.15) is 13.2 Å². The Bertz CT molecular complexity index is 697. The van der Waals surface area contributed by atoms with Crippen molar-refractivity contribution in [2.24, 2.45) is 0 Å². The lowest BCUT2D eigenvalue weighted by Gasteiger charge is -2.12. The number of hydrogen-bond donors (Lipinski definition) is 2. The Labute approximate surface area is 112 Å². The minimum Gasteiger partial charge on any atom is -0.382 e. The number of nitrogens with zero attached hydrogens (tertiary/aromatic N) is 1. The molecule has 2 aromatic rings. The minimum absolute atomic E-state index is 0.209. The molecule has 0 atom stereocenters. The van der Waals surface area contributed by atoms with Gasteiger partial charge in [-0.1, -0.05) is 6.07 Å². The lowest BCUT2D eigenvalue weighted by Crippen LogP contribution is -2.24. The van der Waals surface area contributed by atoms with Crippen LogP contribution in [0.25, 0.3) is 10.9 Å². The summed E-state index contributed by atoms with van der Waals surface area (Å²) < 4.78 is 38.0. The van der Waals surface area contributed by atoms with Crippen LogP contribution in [0.3, 0.4) is 0 Å². The molecule has 0 bridgehead atoms. The highest BCUT2D eigenvalue weighted by molar-refractivity contribution is 6.07. The molecule has 1 amide bonds. The molecule has 3 rings (SSSR count). The van der Waals surface area contributed by atoms with Crippen LogP contribution in [0.1, 0.15) is 15.9 Å². The Balaban J connectivity index is 2.22. The van der Waals surface area contributed by atoms with Gasteiger partial charge in [-0.25, -0.2) is 0 Å².